The van der Waals surface area contributed by atoms with Crippen LogP contribution in [-0.4, -0.2) is 36.5 Å². The number of carbonyl (C=O) groups excluding carboxylic acids is 2. The highest BCUT2D eigenvalue weighted by molar-refractivity contribution is 6.04. The van der Waals surface area contributed by atoms with Gasteiger partial charge in [-0.05, 0) is 73.4 Å². The normalized spacial score (nSPS) is 17.8. The third-order valence-corrected chi connectivity index (χ3v) is 6.73. The summed E-state index contributed by atoms with van der Waals surface area (Å²) in [5.74, 6) is 0.315. The number of carbonyl (C=O) groups is 2. The van der Waals surface area contributed by atoms with Gasteiger partial charge in [-0.1, -0.05) is 24.3 Å². The van der Waals surface area contributed by atoms with Gasteiger partial charge in [0.05, 0.1) is 36.8 Å². The molecule has 0 fully saturated rings. The Kier molecular flexibility index (Phi) is 6.34. The minimum Gasteiger partial charge on any atom is -0.490 e. The smallest absolute Gasteiger partial charge is 0.254 e. The highest BCUT2D eigenvalue weighted by Gasteiger charge is 2.46. The molecule has 182 valence electrons. The van der Waals surface area contributed by atoms with Gasteiger partial charge in [-0.15, -0.1) is 0 Å². The summed E-state index contributed by atoms with van der Waals surface area (Å²) in [5, 5.41) is 12.3. The monoisotopic (exact) mass is 481 g/mol. The third-order valence-electron chi connectivity index (χ3n) is 6.73. The molecule has 2 amide bonds. The van der Waals surface area contributed by atoms with Crippen molar-refractivity contribution in [2.75, 3.05) is 25.1 Å². The van der Waals surface area contributed by atoms with Crippen molar-refractivity contribution in [2.24, 2.45) is 0 Å². The van der Waals surface area contributed by atoms with Crippen molar-refractivity contribution < 1.29 is 19.1 Å². The summed E-state index contributed by atoms with van der Waals surface area (Å²) in [5.41, 5.74) is 4.16. The van der Waals surface area contributed by atoms with Crippen LogP contribution >= 0.6 is 0 Å². The lowest BCUT2D eigenvalue weighted by Crippen LogP contribution is -2.49. The van der Waals surface area contributed by atoms with Gasteiger partial charge in [0.1, 0.15) is 0 Å². The number of ether oxygens (including phenoxy) is 2. The van der Waals surface area contributed by atoms with Crippen LogP contribution in [0.1, 0.15) is 58.4 Å². The number of benzene rings is 3. The van der Waals surface area contributed by atoms with E-state index in [0.717, 1.165) is 11.1 Å². The van der Waals surface area contributed by atoms with Crippen molar-refractivity contribution in [1.82, 2.24) is 4.90 Å². The molecular weight excluding hydrogens is 454 g/mol. The lowest BCUT2D eigenvalue weighted by atomic mass is 9.75. The molecule has 0 radical (unpaired) electrons. The van der Waals surface area contributed by atoms with E-state index in [1.165, 1.54) is 0 Å². The summed E-state index contributed by atoms with van der Waals surface area (Å²) >= 11 is 0. The fraction of sp³-hybridized carbons (Fsp3) is 0.276. The summed E-state index contributed by atoms with van der Waals surface area (Å²) in [6.45, 7) is 5.31. The maximum absolute atomic E-state index is 13.9. The number of nitriles is 1. The second kappa shape index (κ2) is 9.74. The second-order valence-corrected chi connectivity index (χ2v) is 8.80. The molecule has 7 heteroatoms. The largest absolute Gasteiger partial charge is 0.490 e. The quantitative estimate of drug-likeness (QED) is 0.544. The number of hydrogen-bond acceptors (Lipinski definition) is 5. The zero-order chi connectivity index (χ0) is 25.2. The highest BCUT2D eigenvalue weighted by Crippen LogP contribution is 2.48. The van der Waals surface area contributed by atoms with Crippen LogP contribution in [0.4, 0.5) is 5.69 Å². The van der Waals surface area contributed by atoms with Gasteiger partial charge in [0, 0.05) is 17.8 Å². The Morgan fingerprint density at radius 1 is 1.03 bits per heavy atom. The Hall–Kier alpha value is -4.31. The first-order valence-corrected chi connectivity index (χ1v) is 12.2. The Balaban J connectivity index is 1.63. The molecule has 0 spiro atoms. The summed E-state index contributed by atoms with van der Waals surface area (Å²) in [4.78, 5) is 29.2. The predicted octanol–water partition coefficient (Wildman–Crippen LogP) is 4.83. The number of anilines is 1. The number of fused-ring (bicyclic) bond motifs is 4. The van der Waals surface area contributed by atoms with E-state index >= 15 is 0 Å². The fourth-order valence-electron chi connectivity index (χ4n) is 5.24. The molecule has 0 saturated heterocycles. The Morgan fingerprint density at radius 3 is 2.53 bits per heavy atom. The van der Waals surface area contributed by atoms with E-state index in [2.05, 4.69) is 11.4 Å². The molecule has 0 unspecified atom stereocenters. The topological polar surface area (TPSA) is 91.7 Å². The molecule has 0 bridgehead atoms. The lowest BCUT2D eigenvalue weighted by Gasteiger charge is -2.45. The number of amides is 2. The van der Waals surface area contributed by atoms with Crippen LogP contribution in [0.15, 0.2) is 60.7 Å². The van der Waals surface area contributed by atoms with Gasteiger partial charge >= 0.3 is 0 Å². The molecule has 1 N–H and O–H groups in total. The summed E-state index contributed by atoms with van der Waals surface area (Å²) in [7, 11) is 0. The van der Waals surface area contributed by atoms with Crippen molar-refractivity contribution in [3.8, 4) is 17.6 Å². The van der Waals surface area contributed by atoms with Crippen molar-refractivity contribution in [1.29, 1.82) is 5.26 Å². The molecule has 2 atom stereocenters. The first-order valence-electron chi connectivity index (χ1n) is 12.2. The molecule has 0 saturated carbocycles. The van der Waals surface area contributed by atoms with Crippen molar-refractivity contribution in [2.45, 2.75) is 32.2 Å². The highest BCUT2D eigenvalue weighted by atomic mass is 16.5. The molecule has 5 rings (SSSR count). The van der Waals surface area contributed by atoms with Crippen LogP contribution in [0.2, 0.25) is 0 Å². The van der Waals surface area contributed by atoms with E-state index in [4.69, 9.17) is 9.47 Å². The molecule has 0 aromatic heterocycles. The molecule has 3 aromatic carbocycles. The van der Waals surface area contributed by atoms with Gasteiger partial charge in [-0.25, -0.2) is 0 Å². The zero-order valence-corrected chi connectivity index (χ0v) is 20.3. The molecule has 0 aliphatic carbocycles. The maximum Gasteiger partial charge on any atom is 0.254 e. The van der Waals surface area contributed by atoms with E-state index in [1.54, 1.807) is 35.2 Å². The van der Waals surface area contributed by atoms with Gasteiger partial charge in [0.15, 0.2) is 11.5 Å². The van der Waals surface area contributed by atoms with Crippen molar-refractivity contribution in [3.63, 3.8) is 0 Å². The third kappa shape index (κ3) is 4.05. The second-order valence-electron chi connectivity index (χ2n) is 8.80. The minimum absolute atomic E-state index is 0.0800. The first kappa shape index (κ1) is 23.4. The molecule has 2 aliphatic rings. The minimum atomic E-state index is -0.642. The molecular formula is C29H27N3O4. The molecule has 36 heavy (non-hydrogen) atoms. The SMILES string of the molecule is CCOc1cc2c(cc1OCC)[C@@H]1[C@H](C(=O)Nc3cccc(C#N)c3)c3ccccc3C(=O)N1CC2. The Morgan fingerprint density at radius 2 is 1.78 bits per heavy atom. The van der Waals surface area contributed by atoms with E-state index in [-0.39, 0.29) is 11.8 Å². The average molecular weight is 482 g/mol. The van der Waals surface area contributed by atoms with Crippen LogP contribution in [-0.2, 0) is 11.2 Å². The summed E-state index contributed by atoms with van der Waals surface area (Å²) < 4.78 is 11.7. The van der Waals surface area contributed by atoms with Gasteiger partial charge in [0.2, 0.25) is 5.91 Å². The number of rotatable bonds is 6. The van der Waals surface area contributed by atoms with Gasteiger partial charge in [-0.2, -0.15) is 5.26 Å². The zero-order valence-electron chi connectivity index (χ0n) is 20.3. The summed E-state index contributed by atoms with van der Waals surface area (Å²) in [6, 6.07) is 19.7. The number of nitrogens with one attached hydrogen (secondary N) is 1. The maximum atomic E-state index is 13.9. The van der Waals surface area contributed by atoms with E-state index in [0.29, 0.717) is 60.1 Å². The predicted molar refractivity (Wildman–Crippen MR) is 135 cm³/mol. The molecule has 2 aliphatic heterocycles. The van der Waals surface area contributed by atoms with E-state index in [9.17, 15) is 14.9 Å². The van der Waals surface area contributed by atoms with Gasteiger partial charge in [0.25, 0.3) is 5.91 Å². The van der Waals surface area contributed by atoms with Crippen LogP contribution < -0.4 is 14.8 Å². The number of hydrogen-bond donors (Lipinski definition) is 1. The Bertz CT molecular complexity index is 1380. The van der Waals surface area contributed by atoms with E-state index < -0.39 is 12.0 Å². The van der Waals surface area contributed by atoms with Crippen molar-refractivity contribution in [3.05, 3.63) is 88.5 Å². The average Bonchev–Trinajstić information content (AvgIpc) is 2.89. The van der Waals surface area contributed by atoms with Gasteiger partial charge < -0.3 is 19.7 Å². The van der Waals surface area contributed by atoms with Crippen LogP contribution in [0.3, 0.4) is 0 Å². The molecule has 2 heterocycles. The molecule has 7 nitrogen and oxygen atoms in total. The molecule has 3 aromatic rings. The Labute approximate surface area is 210 Å². The van der Waals surface area contributed by atoms with Crippen LogP contribution in [0.25, 0.3) is 0 Å². The van der Waals surface area contributed by atoms with Crippen LogP contribution in [0.5, 0.6) is 11.5 Å². The lowest BCUT2D eigenvalue weighted by molar-refractivity contribution is -0.119. The first-order chi connectivity index (χ1) is 17.5. The van der Waals surface area contributed by atoms with Crippen LogP contribution in [0, 0.1) is 11.3 Å². The number of nitrogens with zero attached hydrogens (tertiary/aromatic N) is 2. The standard InChI is InChI=1S/C29H27N3O4/c1-3-35-24-15-19-12-13-32-27(23(19)16-25(24)36-4-2)26(21-10-5-6-11-22(21)29(32)34)28(33)31-20-9-7-8-18(14-20)17-30/h5-11,14-16,26-27H,3-4,12-13H2,1-2H3,(H,31,33)/t26-,27-/m1/s1. The van der Waals surface area contributed by atoms with Crippen molar-refractivity contribution >= 4 is 17.5 Å². The van der Waals surface area contributed by atoms with Gasteiger partial charge in [-0.3, -0.25) is 9.59 Å². The van der Waals surface area contributed by atoms with E-state index in [1.807, 2.05) is 44.2 Å². The fourth-order valence-corrected chi connectivity index (χ4v) is 5.24. The summed E-state index contributed by atoms with van der Waals surface area (Å²) in [6.07, 6.45) is 0.658.